The zero-order chi connectivity index (χ0) is 19.6. The maximum Gasteiger partial charge on any atom is 0.342 e. The van der Waals surface area contributed by atoms with Gasteiger partial charge in [0.05, 0.1) is 0 Å². The molecule has 0 aliphatic carbocycles. The predicted octanol–water partition coefficient (Wildman–Crippen LogP) is 4.42. The van der Waals surface area contributed by atoms with Crippen LogP contribution >= 0.6 is 11.8 Å². The number of aliphatic carboxylic acids is 1. The second-order valence-electron chi connectivity index (χ2n) is 5.80. The van der Waals surface area contributed by atoms with E-state index in [1.54, 1.807) is 26.0 Å². The van der Waals surface area contributed by atoms with Crippen LogP contribution in [-0.2, 0) is 4.79 Å². The SMILES string of the molecule is Cc1cc(/C=C(/Sc2nnc(-c3ccc(F)cc3)o2)C(=O)O)cc(C)c1O. The van der Waals surface area contributed by atoms with Gasteiger partial charge in [0, 0.05) is 5.56 Å². The van der Waals surface area contributed by atoms with Crippen molar-refractivity contribution in [3.05, 3.63) is 63.8 Å². The van der Waals surface area contributed by atoms with Crippen molar-refractivity contribution in [1.29, 1.82) is 0 Å². The first-order chi connectivity index (χ1) is 12.8. The summed E-state index contributed by atoms with van der Waals surface area (Å²) in [6.45, 7) is 3.47. The van der Waals surface area contributed by atoms with E-state index in [4.69, 9.17) is 4.42 Å². The van der Waals surface area contributed by atoms with Crippen LogP contribution in [-0.4, -0.2) is 26.4 Å². The fraction of sp³-hybridized carbons (Fsp3) is 0.105. The van der Waals surface area contributed by atoms with Gasteiger partial charge in [-0.25, -0.2) is 9.18 Å². The number of phenols is 1. The van der Waals surface area contributed by atoms with E-state index in [1.165, 1.54) is 30.3 Å². The highest BCUT2D eigenvalue weighted by Gasteiger charge is 2.16. The molecule has 0 bridgehead atoms. The van der Waals surface area contributed by atoms with Crippen molar-refractivity contribution >= 4 is 23.8 Å². The third kappa shape index (κ3) is 4.35. The van der Waals surface area contributed by atoms with Crippen molar-refractivity contribution < 1.29 is 23.8 Å². The van der Waals surface area contributed by atoms with Crippen molar-refractivity contribution in [2.45, 2.75) is 19.1 Å². The summed E-state index contributed by atoms with van der Waals surface area (Å²) in [4.78, 5) is 11.6. The van der Waals surface area contributed by atoms with Crippen LogP contribution in [0.1, 0.15) is 16.7 Å². The molecule has 2 N–H and O–H groups in total. The lowest BCUT2D eigenvalue weighted by Crippen LogP contribution is -1.97. The number of carbonyl (C=O) groups is 1. The molecule has 0 saturated heterocycles. The number of rotatable bonds is 5. The van der Waals surface area contributed by atoms with Gasteiger partial charge in [-0.1, -0.05) is 0 Å². The van der Waals surface area contributed by atoms with E-state index < -0.39 is 5.97 Å². The monoisotopic (exact) mass is 386 g/mol. The molecule has 3 rings (SSSR count). The Morgan fingerprint density at radius 3 is 2.37 bits per heavy atom. The topological polar surface area (TPSA) is 96.5 Å². The number of halogens is 1. The van der Waals surface area contributed by atoms with Gasteiger partial charge in [0.1, 0.15) is 16.5 Å². The van der Waals surface area contributed by atoms with Gasteiger partial charge in [0.2, 0.25) is 5.89 Å². The van der Waals surface area contributed by atoms with Gasteiger partial charge >= 0.3 is 5.97 Å². The van der Waals surface area contributed by atoms with Crippen LogP contribution in [0.25, 0.3) is 17.5 Å². The minimum Gasteiger partial charge on any atom is -0.507 e. The maximum absolute atomic E-state index is 13.0. The van der Waals surface area contributed by atoms with E-state index in [0.29, 0.717) is 22.3 Å². The third-order valence-electron chi connectivity index (χ3n) is 3.72. The summed E-state index contributed by atoms with van der Waals surface area (Å²) < 4.78 is 18.5. The van der Waals surface area contributed by atoms with Crippen LogP contribution in [0, 0.1) is 19.7 Å². The molecular weight excluding hydrogens is 371 g/mol. The molecule has 1 aromatic heterocycles. The fourth-order valence-corrected chi connectivity index (χ4v) is 3.09. The summed E-state index contributed by atoms with van der Waals surface area (Å²) in [6.07, 6.45) is 1.47. The van der Waals surface area contributed by atoms with Crippen LogP contribution in [0.3, 0.4) is 0 Å². The summed E-state index contributed by atoms with van der Waals surface area (Å²) in [5, 5.41) is 27.1. The van der Waals surface area contributed by atoms with E-state index in [1.807, 2.05) is 0 Å². The summed E-state index contributed by atoms with van der Waals surface area (Å²) in [5.41, 5.74) is 2.45. The fourth-order valence-electron chi connectivity index (χ4n) is 2.41. The molecular formula is C19H15FN2O4S. The number of aromatic hydroxyl groups is 1. The maximum atomic E-state index is 13.0. The van der Waals surface area contributed by atoms with E-state index in [-0.39, 0.29) is 27.6 Å². The van der Waals surface area contributed by atoms with Gasteiger partial charge in [0.15, 0.2) is 0 Å². The van der Waals surface area contributed by atoms with Crippen LogP contribution in [0.2, 0.25) is 0 Å². The largest absolute Gasteiger partial charge is 0.507 e. The summed E-state index contributed by atoms with van der Waals surface area (Å²) in [6, 6.07) is 8.89. The average molecular weight is 386 g/mol. The van der Waals surface area contributed by atoms with Crippen LogP contribution < -0.4 is 0 Å². The van der Waals surface area contributed by atoms with Crippen molar-refractivity contribution in [3.63, 3.8) is 0 Å². The molecule has 27 heavy (non-hydrogen) atoms. The van der Waals surface area contributed by atoms with Crippen molar-refractivity contribution in [1.82, 2.24) is 10.2 Å². The Bertz CT molecular complexity index is 1010. The van der Waals surface area contributed by atoms with Crippen molar-refractivity contribution in [2.24, 2.45) is 0 Å². The Kier molecular flexibility index (Phi) is 5.27. The molecule has 0 fully saturated rings. The number of thioether (sulfide) groups is 1. The zero-order valence-electron chi connectivity index (χ0n) is 14.4. The van der Waals surface area contributed by atoms with Crippen LogP contribution in [0.15, 0.2) is 50.9 Å². The van der Waals surface area contributed by atoms with E-state index >= 15 is 0 Å². The van der Waals surface area contributed by atoms with Gasteiger partial charge in [-0.3, -0.25) is 0 Å². The molecule has 6 nitrogen and oxygen atoms in total. The Balaban J connectivity index is 1.87. The third-order valence-corrected chi connectivity index (χ3v) is 4.57. The number of nitrogens with zero attached hydrogens (tertiary/aromatic N) is 2. The zero-order valence-corrected chi connectivity index (χ0v) is 15.2. The van der Waals surface area contributed by atoms with E-state index in [2.05, 4.69) is 10.2 Å². The highest BCUT2D eigenvalue weighted by molar-refractivity contribution is 8.03. The predicted molar refractivity (Wildman–Crippen MR) is 98.7 cm³/mol. The Hall–Kier alpha value is -3.13. The molecule has 0 spiro atoms. The molecule has 0 saturated carbocycles. The lowest BCUT2D eigenvalue weighted by Gasteiger charge is -2.06. The smallest absolute Gasteiger partial charge is 0.342 e. The molecule has 0 radical (unpaired) electrons. The number of carboxylic acid groups (broad SMARTS) is 1. The number of hydrogen-bond donors (Lipinski definition) is 2. The van der Waals surface area contributed by atoms with Gasteiger partial charge in [-0.15, -0.1) is 10.2 Å². The number of hydrogen-bond acceptors (Lipinski definition) is 6. The standard InChI is InChI=1S/C19H15FN2O4S/c1-10-7-12(8-11(2)16(10)23)9-15(18(24)25)27-19-22-21-17(26-19)13-3-5-14(20)6-4-13/h3-9,23H,1-2H3,(H,24,25)/b15-9+. The molecule has 0 atom stereocenters. The quantitative estimate of drug-likeness (QED) is 0.495. The van der Waals surface area contributed by atoms with Crippen LogP contribution in [0.4, 0.5) is 4.39 Å². The molecule has 8 heteroatoms. The minimum absolute atomic E-state index is 0.0196. The molecule has 3 aromatic rings. The molecule has 0 unspecified atom stereocenters. The Labute approximate surface area is 158 Å². The normalized spacial score (nSPS) is 11.6. The summed E-state index contributed by atoms with van der Waals surface area (Å²) >= 11 is 0.811. The minimum atomic E-state index is -1.15. The molecule has 0 aliphatic rings. The van der Waals surface area contributed by atoms with Crippen molar-refractivity contribution in [2.75, 3.05) is 0 Å². The first-order valence-corrected chi connectivity index (χ1v) is 8.67. The second-order valence-corrected chi connectivity index (χ2v) is 6.79. The van der Waals surface area contributed by atoms with Crippen LogP contribution in [0.5, 0.6) is 5.75 Å². The van der Waals surface area contributed by atoms with Gasteiger partial charge in [0.25, 0.3) is 5.22 Å². The molecule has 2 aromatic carbocycles. The molecule has 0 aliphatic heterocycles. The first-order valence-electron chi connectivity index (χ1n) is 7.86. The molecule has 1 heterocycles. The number of aryl methyl sites for hydroxylation is 2. The number of carboxylic acids is 1. The van der Waals surface area contributed by atoms with E-state index in [9.17, 15) is 19.4 Å². The highest BCUT2D eigenvalue weighted by Crippen LogP contribution is 2.31. The molecule has 138 valence electrons. The average Bonchev–Trinajstić information content (AvgIpc) is 3.08. The molecule has 0 amide bonds. The number of aromatic nitrogens is 2. The van der Waals surface area contributed by atoms with Gasteiger partial charge in [-0.05, 0) is 84.8 Å². The second kappa shape index (κ2) is 7.63. The first kappa shape index (κ1) is 18.7. The van der Waals surface area contributed by atoms with Crippen molar-refractivity contribution in [3.8, 4) is 17.2 Å². The number of benzene rings is 2. The lowest BCUT2D eigenvalue weighted by atomic mass is 10.1. The summed E-state index contributed by atoms with van der Waals surface area (Å²) in [7, 11) is 0. The Morgan fingerprint density at radius 2 is 1.78 bits per heavy atom. The van der Waals surface area contributed by atoms with Gasteiger partial charge in [-0.2, -0.15) is 0 Å². The highest BCUT2D eigenvalue weighted by atomic mass is 32.2. The summed E-state index contributed by atoms with van der Waals surface area (Å²) in [5.74, 6) is -1.19. The number of phenolic OH excluding ortho intramolecular Hbond substituents is 1. The Morgan fingerprint density at radius 1 is 1.15 bits per heavy atom. The van der Waals surface area contributed by atoms with Gasteiger partial charge < -0.3 is 14.6 Å². The van der Waals surface area contributed by atoms with E-state index in [0.717, 1.165) is 11.8 Å². The lowest BCUT2D eigenvalue weighted by molar-refractivity contribution is -0.131.